The Morgan fingerprint density at radius 1 is 1.47 bits per heavy atom. The van der Waals surface area contributed by atoms with Crippen molar-refractivity contribution in [1.82, 2.24) is 15.1 Å². The highest BCUT2D eigenvalue weighted by Gasteiger charge is 2.10. The summed E-state index contributed by atoms with van der Waals surface area (Å²) in [6, 6.07) is 4.66. The number of nitrogens with zero attached hydrogens (tertiary/aromatic N) is 2. The molecule has 0 spiro atoms. The van der Waals surface area contributed by atoms with Crippen molar-refractivity contribution in [3.63, 3.8) is 0 Å². The Morgan fingerprint density at radius 2 is 2.26 bits per heavy atom. The van der Waals surface area contributed by atoms with Crippen molar-refractivity contribution < 1.29 is 4.39 Å². The van der Waals surface area contributed by atoms with Crippen LogP contribution in [0.15, 0.2) is 30.6 Å². The topological polar surface area (TPSA) is 29.9 Å². The van der Waals surface area contributed by atoms with Gasteiger partial charge in [0, 0.05) is 22.8 Å². The lowest BCUT2D eigenvalue weighted by atomic mass is 10.1. The average molecular weight is 282 g/mol. The van der Waals surface area contributed by atoms with E-state index in [1.54, 1.807) is 10.7 Å². The van der Waals surface area contributed by atoms with Gasteiger partial charge in [-0.25, -0.2) is 4.39 Å². The Labute approximate surface area is 117 Å². The quantitative estimate of drug-likeness (QED) is 0.910. The minimum absolute atomic E-state index is 0.284. The Morgan fingerprint density at radius 3 is 2.95 bits per heavy atom. The molecule has 0 amide bonds. The van der Waals surface area contributed by atoms with Crippen molar-refractivity contribution in [2.45, 2.75) is 25.9 Å². The van der Waals surface area contributed by atoms with Crippen LogP contribution < -0.4 is 5.32 Å². The van der Waals surface area contributed by atoms with Crippen LogP contribution >= 0.6 is 11.6 Å². The van der Waals surface area contributed by atoms with Crippen LogP contribution in [0.3, 0.4) is 0 Å². The third-order valence-corrected chi connectivity index (χ3v) is 3.52. The molecule has 0 aliphatic rings. The first-order valence-electron chi connectivity index (χ1n) is 6.27. The highest BCUT2D eigenvalue weighted by molar-refractivity contribution is 6.31. The van der Waals surface area contributed by atoms with Crippen molar-refractivity contribution in [1.29, 1.82) is 0 Å². The maximum atomic E-state index is 13.2. The summed E-state index contributed by atoms with van der Waals surface area (Å²) in [6.45, 7) is 2.58. The van der Waals surface area contributed by atoms with E-state index in [2.05, 4.69) is 17.3 Å². The van der Waals surface area contributed by atoms with Crippen molar-refractivity contribution in [2.75, 3.05) is 7.05 Å². The number of hydrogen-bond acceptors (Lipinski definition) is 2. The number of halogens is 2. The van der Waals surface area contributed by atoms with Crippen LogP contribution in [-0.4, -0.2) is 16.8 Å². The van der Waals surface area contributed by atoms with Gasteiger partial charge in [-0.15, -0.1) is 0 Å². The van der Waals surface area contributed by atoms with E-state index >= 15 is 0 Å². The van der Waals surface area contributed by atoms with Gasteiger partial charge in [0.15, 0.2) is 0 Å². The number of nitrogens with one attached hydrogen (secondary N) is 1. The molecule has 1 aromatic carbocycles. The molecule has 0 saturated carbocycles. The zero-order valence-electron chi connectivity index (χ0n) is 11.0. The normalized spacial score (nSPS) is 12.6. The fourth-order valence-corrected chi connectivity index (χ4v) is 2.27. The van der Waals surface area contributed by atoms with Gasteiger partial charge in [0.05, 0.1) is 12.7 Å². The molecule has 1 heterocycles. The van der Waals surface area contributed by atoms with Crippen LogP contribution in [0.5, 0.6) is 0 Å². The second-order valence-corrected chi connectivity index (χ2v) is 4.86. The highest BCUT2D eigenvalue weighted by atomic mass is 35.5. The van der Waals surface area contributed by atoms with Gasteiger partial charge in [0.2, 0.25) is 0 Å². The molecule has 0 radical (unpaired) electrons. The summed E-state index contributed by atoms with van der Waals surface area (Å²) in [4.78, 5) is 0. The largest absolute Gasteiger partial charge is 0.313 e. The van der Waals surface area contributed by atoms with Crippen LogP contribution in [0.4, 0.5) is 4.39 Å². The number of hydrogen-bond donors (Lipinski definition) is 1. The average Bonchev–Trinajstić information content (AvgIpc) is 2.84. The zero-order valence-corrected chi connectivity index (χ0v) is 11.8. The van der Waals surface area contributed by atoms with E-state index in [9.17, 15) is 4.39 Å². The van der Waals surface area contributed by atoms with Gasteiger partial charge in [-0.2, -0.15) is 5.10 Å². The Balaban J connectivity index is 2.18. The summed E-state index contributed by atoms with van der Waals surface area (Å²) in [5.74, 6) is -0.284. The van der Waals surface area contributed by atoms with E-state index in [4.69, 9.17) is 11.6 Å². The molecule has 2 aromatic rings. The van der Waals surface area contributed by atoms with Gasteiger partial charge in [0.25, 0.3) is 0 Å². The van der Waals surface area contributed by atoms with Crippen LogP contribution in [0, 0.1) is 5.82 Å². The lowest BCUT2D eigenvalue weighted by molar-refractivity contribution is 0.575. The summed E-state index contributed by atoms with van der Waals surface area (Å²) in [7, 11) is 1.93. The Kier molecular flexibility index (Phi) is 4.56. The molecule has 3 nitrogen and oxygen atoms in total. The molecule has 0 fully saturated rings. The number of aromatic nitrogens is 2. The van der Waals surface area contributed by atoms with Crippen LogP contribution in [0.1, 0.15) is 30.5 Å². The van der Waals surface area contributed by atoms with Gasteiger partial charge in [-0.1, -0.05) is 18.5 Å². The second kappa shape index (κ2) is 6.17. The van der Waals surface area contributed by atoms with Crippen LogP contribution in [0.2, 0.25) is 5.02 Å². The fourth-order valence-electron chi connectivity index (χ4n) is 2.09. The maximum absolute atomic E-state index is 13.2. The molecule has 1 unspecified atom stereocenters. The summed E-state index contributed by atoms with van der Waals surface area (Å²) in [5.41, 5.74) is 1.85. The van der Waals surface area contributed by atoms with Gasteiger partial charge in [0.1, 0.15) is 5.82 Å². The summed E-state index contributed by atoms with van der Waals surface area (Å²) in [6.07, 6.45) is 4.78. The third-order valence-electron chi connectivity index (χ3n) is 3.15. The molecular formula is C14H17ClFN3. The van der Waals surface area contributed by atoms with Crippen molar-refractivity contribution >= 4 is 11.6 Å². The van der Waals surface area contributed by atoms with Crippen molar-refractivity contribution in [3.05, 3.63) is 52.6 Å². The molecule has 102 valence electrons. The summed E-state index contributed by atoms with van der Waals surface area (Å²) in [5, 5.41) is 8.08. The fraction of sp³-hybridized carbons (Fsp3) is 0.357. The Bertz CT molecular complexity index is 549. The lowest BCUT2D eigenvalue weighted by Crippen LogP contribution is -2.14. The minimum atomic E-state index is -0.284. The predicted octanol–water partition coefficient (Wildman–Crippen LogP) is 3.39. The third kappa shape index (κ3) is 3.33. The van der Waals surface area contributed by atoms with Crippen LogP contribution in [0.25, 0.3) is 0 Å². The lowest BCUT2D eigenvalue weighted by Gasteiger charge is -2.10. The monoisotopic (exact) mass is 281 g/mol. The SMILES string of the molecule is CCC(NC)c1cnn(Cc2cc(F)ccc2Cl)c1. The molecule has 1 aromatic heterocycles. The predicted molar refractivity (Wildman–Crippen MR) is 74.8 cm³/mol. The molecule has 0 bridgehead atoms. The molecule has 1 atom stereocenters. The smallest absolute Gasteiger partial charge is 0.123 e. The number of rotatable bonds is 5. The van der Waals surface area contributed by atoms with E-state index < -0.39 is 0 Å². The molecule has 19 heavy (non-hydrogen) atoms. The van der Waals surface area contributed by atoms with Gasteiger partial charge in [-0.3, -0.25) is 4.68 Å². The van der Waals surface area contributed by atoms with E-state index in [0.717, 1.165) is 17.5 Å². The molecule has 0 aliphatic carbocycles. The zero-order chi connectivity index (χ0) is 13.8. The molecule has 0 saturated heterocycles. The highest BCUT2D eigenvalue weighted by Crippen LogP contribution is 2.19. The molecule has 2 rings (SSSR count). The standard InChI is InChI=1S/C14H17ClFN3/c1-3-14(17-2)11-7-18-19(9-11)8-10-6-12(16)4-5-13(10)15/h4-7,9,14,17H,3,8H2,1-2H3. The van der Waals surface area contributed by atoms with Gasteiger partial charge < -0.3 is 5.32 Å². The van der Waals surface area contributed by atoms with Gasteiger partial charge >= 0.3 is 0 Å². The summed E-state index contributed by atoms with van der Waals surface area (Å²) < 4.78 is 15.0. The van der Waals surface area contributed by atoms with Crippen molar-refractivity contribution in [2.24, 2.45) is 0 Å². The first-order chi connectivity index (χ1) is 9.13. The second-order valence-electron chi connectivity index (χ2n) is 4.46. The molecule has 5 heteroatoms. The van der Waals surface area contributed by atoms with E-state index in [1.165, 1.54) is 12.1 Å². The van der Waals surface area contributed by atoms with Crippen molar-refractivity contribution in [3.8, 4) is 0 Å². The molecule has 1 N–H and O–H groups in total. The maximum Gasteiger partial charge on any atom is 0.123 e. The minimum Gasteiger partial charge on any atom is -0.313 e. The molecular weight excluding hydrogens is 265 g/mol. The summed E-state index contributed by atoms with van der Waals surface area (Å²) >= 11 is 6.05. The van der Waals surface area contributed by atoms with Gasteiger partial charge in [-0.05, 0) is 37.2 Å². The number of benzene rings is 1. The van der Waals surface area contributed by atoms with Crippen LogP contribution in [-0.2, 0) is 6.54 Å². The van der Waals surface area contributed by atoms with E-state index in [1.807, 2.05) is 19.4 Å². The first kappa shape index (κ1) is 14.0. The molecule has 0 aliphatic heterocycles. The Hall–Kier alpha value is -1.39. The first-order valence-corrected chi connectivity index (χ1v) is 6.65. The van der Waals surface area contributed by atoms with E-state index in [0.29, 0.717) is 11.6 Å². The van der Waals surface area contributed by atoms with E-state index in [-0.39, 0.29) is 11.9 Å².